The fraction of sp³-hybridized carbons (Fsp3) is 0.400. The van der Waals surface area contributed by atoms with E-state index >= 15 is 0 Å². The Morgan fingerprint density at radius 2 is 2.33 bits per heavy atom. The van der Waals surface area contributed by atoms with Crippen molar-refractivity contribution in [2.45, 2.75) is 6.85 Å². The van der Waals surface area contributed by atoms with E-state index in [1.165, 1.54) is 26.2 Å². The molecule has 0 aromatic heterocycles. The van der Waals surface area contributed by atoms with E-state index in [1.54, 1.807) is 12.1 Å². The first-order chi connectivity index (χ1) is 7.50. The average Bonchev–Trinajstić information content (AvgIpc) is 2.15. The van der Waals surface area contributed by atoms with Crippen molar-refractivity contribution < 1.29 is 12.0 Å². The first-order valence-corrected chi connectivity index (χ1v) is 3.64. The molecule has 0 fully saturated rings. The van der Waals surface area contributed by atoms with Crippen LogP contribution in [0.15, 0.2) is 24.3 Å². The topological polar surface area (TPSA) is 20.2 Å². The van der Waals surface area contributed by atoms with Gasteiger partial charge in [-0.1, -0.05) is 6.07 Å². The molecule has 0 saturated carbocycles. The zero-order valence-electron chi connectivity index (χ0n) is 12.2. The van der Waals surface area contributed by atoms with Crippen molar-refractivity contribution in [2.24, 2.45) is 0 Å². The Labute approximate surface area is 80.7 Å². The molecule has 0 heterocycles. The van der Waals surface area contributed by atoms with E-state index < -0.39 is 17.8 Å². The van der Waals surface area contributed by atoms with E-state index in [9.17, 15) is 5.11 Å². The molecule has 1 aromatic rings. The molecule has 2 nitrogen and oxygen atoms in total. The molecule has 0 unspecified atom stereocenters. The van der Waals surface area contributed by atoms with E-state index in [-0.39, 0.29) is 5.75 Å². The minimum Gasteiger partial charge on any atom is -0.508 e. The second kappa shape index (κ2) is 3.15. The van der Waals surface area contributed by atoms with Crippen molar-refractivity contribution in [3.8, 4) is 5.75 Å². The lowest BCUT2D eigenvalue weighted by Crippen LogP contribution is -2.39. The van der Waals surface area contributed by atoms with Gasteiger partial charge in [-0.2, -0.15) is 0 Å². The van der Waals surface area contributed by atoms with Crippen LogP contribution in [0.4, 0.5) is 5.69 Å². The highest BCUT2D eigenvalue weighted by molar-refractivity contribution is 5.46. The summed E-state index contributed by atoms with van der Waals surface area (Å²) in [6, 6.07) is 5.96. The third kappa shape index (κ3) is 1.77. The van der Waals surface area contributed by atoms with Crippen LogP contribution < -0.4 is 4.48 Å². The van der Waals surface area contributed by atoms with E-state index in [2.05, 4.69) is 0 Å². The third-order valence-electron chi connectivity index (χ3n) is 1.75. The molecular weight excluding hydrogens is 150 g/mol. The predicted octanol–water partition coefficient (Wildman–Crippen LogP) is 1.98. The summed E-state index contributed by atoms with van der Waals surface area (Å²) in [5.74, 6) is -0.0185. The molecule has 0 bridgehead atoms. The maximum absolute atomic E-state index is 9.37. The molecule has 0 aliphatic heterocycles. The van der Waals surface area contributed by atoms with Crippen LogP contribution in [-0.2, 0) is 0 Å². The molecule has 1 rings (SSSR count). The fourth-order valence-corrected chi connectivity index (χ4v) is 0.905. The van der Waals surface area contributed by atoms with Gasteiger partial charge < -0.3 is 5.11 Å². The molecule has 0 radical (unpaired) electrons. The summed E-state index contributed by atoms with van der Waals surface area (Å²) < 4.78 is 36.9. The summed E-state index contributed by atoms with van der Waals surface area (Å²) >= 11 is 0. The van der Waals surface area contributed by atoms with E-state index in [0.717, 1.165) is 0 Å². The van der Waals surface area contributed by atoms with Gasteiger partial charge >= 0.3 is 0 Å². The number of phenolic OH excluding ortho intramolecular Hbond substituents is 1. The first-order valence-electron chi connectivity index (χ1n) is 6.14. The molecular formula is C10H16NO+. The smallest absolute Gasteiger partial charge is 0.136 e. The quantitative estimate of drug-likeness (QED) is 0.675. The normalized spacial score (nSPS) is 20.0. The summed E-state index contributed by atoms with van der Waals surface area (Å²) in [5, 5.41) is 9.37. The summed E-state index contributed by atoms with van der Waals surface area (Å²) in [6.07, 6.45) is 0. The summed E-state index contributed by atoms with van der Waals surface area (Å²) in [4.78, 5) is 0. The fourth-order valence-electron chi connectivity index (χ4n) is 0.905. The minimum absolute atomic E-state index is 0.0185. The standard InChI is InChI=1S/C10H15NO/c1-4-11(2,3)9-6-5-7-10(12)8-9/h5-8H,4H2,1-3H3/p+1/i1D3,4D2. The Bertz CT molecular complexity index is 413. The Hall–Kier alpha value is -1.02. The number of rotatable bonds is 2. The van der Waals surface area contributed by atoms with Crippen LogP contribution >= 0.6 is 0 Å². The van der Waals surface area contributed by atoms with Gasteiger partial charge in [-0.3, -0.25) is 4.48 Å². The zero-order valence-corrected chi connectivity index (χ0v) is 7.20. The summed E-state index contributed by atoms with van der Waals surface area (Å²) in [7, 11) is 2.92. The van der Waals surface area contributed by atoms with Gasteiger partial charge in [0.05, 0.1) is 23.3 Å². The maximum Gasteiger partial charge on any atom is 0.136 e. The number of hydrogen-bond acceptors (Lipinski definition) is 1. The second-order valence-electron chi connectivity index (χ2n) is 3.09. The second-order valence-corrected chi connectivity index (χ2v) is 3.09. The number of benzene rings is 1. The van der Waals surface area contributed by atoms with E-state index in [4.69, 9.17) is 6.85 Å². The van der Waals surface area contributed by atoms with Gasteiger partial charge in [0.1, 0.15) is 11.4 Å². The van der Waals surface area contributed by atoms with Crippen molar-refractivity contribution in [1.29, 1.82) is 0 Å². The molecule has 0 saturated heterocycles. The number of quaternary nitrogens is 1. The van der Waals surface area contributed by atoms with Crippen molar-refractivity contribution in [2.75, 3.05) is 20.6 Å². The third-order valence-corrected chi connectivity index (χ3v) is 1.75. The Morgan fingerprint density at radius 3 is 2.92 bits per heavy atom. The number of hydrogen-bond donors (Lipinski definition) is 1. The average molecular weight is 171 g/mol. The van der Waals surface area contributed by atoms with Crippen LogP contribution in [0.25, 0.3) is 0 Å². The van der Waals surface area contributed by atoms with Gasteiger partial charge in [0.2, 0.25) is 0 Å². The Morgan fingerprint density at radius 1 is 1.58 bits per heavy atom. The van der Waals surface area contributed by atoms with Gasteiger partial charge in [-0.15, -0.1) is 0 Å². The summed E-state index contributed by atoms with van der Waals surface area (Å²) in [5.41, 5.74) is 0.395. The molecule has 1 N–H and O–H groups in total. The van der Waals surface area contributed by atoms with Crippen LogP contribution in [0.5, 0.6) is 5.75 Å². The SMILES string of the molecule is [2H]C([2H])([2H])C([2H])([2H])[N+](C)(C)c1cccc(O)c1. The molecule has 0 amide bonds. The van der Waals surface area contributed by atoms with Gasteiger partial charge in [0.25, 0.3) is 0 Å². The highest BCUT2D eigenvalue weighted by Gasteiger charge is 2.15. The van der Waals surface area contributed by atoms with Crippen molar-refractivity contribution in [3.63, 3.8) is 0 Å². The highest BCUT2D eigenvalue weighted by Crippen LogP contribution is 2.22. The van der Waals surface area contributed by atoms with Gasteiger partial charge in [-0.25, -0.2) is 0 Å². The Kier molecular flexibility index (Phi) is 1.12. The van der Waals surface area contributed by atoms with Crippen LogP contribution in [0.3, 0.4) is 0 Å². The number of phenols is 1. The molecule has 0 spiro atoms. The van der Waals surface area contributed by atoms with E-state index in [1.807, 2.05) is 0 Å². The van der Waals surface area contributed by atoms with Crippen LogP contribution in [0, 0.1) is 0 Å². The van der Waals surface area contributed by atoms with Crippen LogP contribution in [0.1, 0.15) is 13.7 Å². The molecule has 2 heteroatoms. The Balaban J connectivity index is 3.28. The minimum atomic E-state index is -2.75. The lowest BCUT2D eigenvalue weighted by Gasteiger charge is -2.27. The van der Waals surface area contributed by atoms with Gasteiger partial charge in [0.15, 0.2) is 0 Å². The molecule has 0 atom stereocenters. The number of aromatic hydroxyl groups is 1. The molecule has 66 valence electrons. The molecule has 0 aliphatic carbocycles. The lowest BCUT2D eigenvalue weighted by molar-refractivity contribution is 0.415. The summed E-state index contributed by atoms with van der Waals surface area (Å²) in [6.45, 7) is -5.19. The van der Waals surface area contributed by atoms with Gasteiger partial charge in [-0.05, 0) is 19.0 Å². The van der Waals surface area contributed by atoms with Gasteiger partial charge in [0, 0.05) is 10.2 Å². The molecule has 12 heavy (non-hydrogen) atoms. The number of nitrogens with zero attached hydrogens (tertiary/aromatic N) is 1. The largest absolute Gasteiger partial charge is 0.508 e. The molecule has 1 aromatic carbocycles. The van der Waals surface area contributed by atoms with Crippen molar-refractivity contribution in [1.82, 2.24) is 4.48 Å². The van der Waals surface area contributed by atoms with Crippen molar-refractivity contribution >= 4 is 5.69 Å². The van der Waals surface area contributed by atoms with Crippen molar-refractivity contribution in [3.05, 3.63) is 24.3 Å². The highest BCUT2D eigenvalue weighted by atomic mass is 16.3. The molecule has 0 aliphatic rings. The first kappa shape index (κ1) is 4.28. The van der Waals surface area contributed by atoms with Crippen LogP contribution in [-0.4, -0.2) is 25.7 Å². The zero-order chi connectivity index (χ0) is 13.5. The predicted molar refractivity (Wildman–Crippen MR) is 52.3 cm³/mol. The maximum atomic E-state index is 9.37. The lowest BCUT2D eigenvalue weighted by atomic mass is 10.2. The monoisotopic (exact) mass is 171 g/mol. The van der Waals surface area contributed by atoms with Crippen LogP contribution in [0.2, 0.25) is 0 Å². The van der Waals surface area contributed by atoms with E-state index in [0.29, 0.717) is 5.69 Å².